The lowest BCUT2D eigenvalue weighted by molar-refractivity contribution is 0.0336. The predicted molar refractivity (Wildman–Crippen MR) is 75.8 cm³/mol. The third-order valence-electron chi connectivity index (χ3n) is 2.76. The van der Waals surface area contributed by atoms with E-state index >= 15 is 0 Å². The first-order chi connectivity index (χ1) is 8.26. The molecule has 0 aliphatic heterocycles. The number of rotatable bonds is 4. The second kappa shape index (κ2) is 6.14. The van der Waals surface area contributed by atoms with Crippen molar-refractivity contribution in [3.05, 3.63) is 32.8 Å². The number of benzene rings is 1. The quantitative estimate of drug-likeness (QED) is 0.561. The van der Waals surface area contributed by atoms with Gasteiger partial charge in [0.15, 0.2) is 0 Å². The van der Waals surface area contributed by atoms with Crippen LogP contribution in [0, 0.1) is 5.41 Å². The van der Waals surface area contributed by atoms with Gasteiger partial charge in [0.05, 0.1) is 22.2 Å². The van der Waals surface area contributed by atoms with E-state index in [2.05, 4.69) is 0 Å². The summed E-state index contributed by atoms with van der Waals surface area (Å²) in [7, 11) is 0. The van der Waals surface area contributed by atoms with Crippen molar-refractivity contribution in [1.29, 1.82) is 0 Å². The van der Waals surface area contributed by atoms with Crippen LogP contribution in [-0.4, -0.2) is 12.6 Å². The molecule has 0 fully saturated rings. The van der Waals surface area contributed by atoms with Crippen LogP contribution in [0.2, 0.25) is 15.1 Å². The van der Waals surface area contributed by atoms with E-state index in [-0.39, 0.29) is 21.0 Å². The number of ether oxygens (including phenoxy) is 1. The van der Waals surface area contributed by atoms with Crippen LogP contribution < -0.4 is 0 Å². The Labute approximate surface area is 122 Å². The first-order valence-corrected chi connectivity index (χ1v) is 6.72. The van der Waals surface area contributed by atoms with E-state index in [0.717, 1.165) is 6.42 Å². The summed E-state index contributed by atoms with van der Waals surface area (Å²) in [6.07, 6.45) is 0.907. The highest BCUT2D eigenvalue weighted by Crippen LogP contribution is 2.30. The first kappa shape index (κ1) is 15.6. The first-order valence-electron chi connectivity index (χ1n) is 5.58. The molecule has 0 amide bonds. The Bertz CT molecular complexity index is 456. The molecular formula is C13H15Cl3O2. The Morgan fingerprint density at radius 3 is 2.44 bits per heavy atom. The Morgan fingerprint density at radius 1 is 1.28 bits per heavy atom. The van der Waals surface area contributed by atoms with Gasteiger partial charge in [-0.1, -0.05) is 55.6 Å². The van der Waals surface area contributed by atoms with Crippen molar-refractivity contribution >= 4 is 40.8 Å². The molecule has 0 saturated carbocycles. The molecule has 1 aromatic carbocycles. The fourth-order valence-electron chi connectivity index (χ4n) is 1.15. The minimum absolute atomic E-state index is 0.0650. The Hall–Kier alpha value is -0.440. The molecule has 0 radical (unpaired) electrons. The molecule has 5 heteroatoms. The summed E-state index contributed by atoms with van der Waals surface area (Å²) in [6.45, 7) is 6.40. The van der Waals surface area contributed by atoms with Crippen LogP contribution in [0.1, 0.15) is 37.6 Å². The molecule has 1 aromatic rings. The molecule has 0 atom stereocenters. The van der Waals surface area contributed by atoms with Crippen LogP contribution in [0.5, 0.6) is 0 Å². The van der Waals surface area contributed by atoms with Gasteiger partial charge in [0.25, 0.3) is 0 Å². The van der Waals surface area contributed by atoms with Crippen LogP contribution >= 0.6 is 34.8 Å². The summed E-state index contributed by atoms with van der Waals surface area (Å²) >= 11 is 17.6. The van der Waals surface area contributed by atoms with E-state index in [9.17, 15) is 4.79 Å². The molecule has 0 saturated heterocycles. The van der Waals surface area contributed by atoms with Crippen molar-refractivity contribution in [2.75, 3.05) is 6.61 Å². The molecule has 1 rings (SSSR count). The van der Waals surface area contributed by atoms with E-state index in [1.165, 1.54) is 12.1 Å². The Kier molecular flexibility index (Phi) is 5.32. The number of carbonyl (C=O) groups is 1. The fourth-order valence-corrected chi connectivity index (χ4v) is 1.82. The number of hydrogen-bond acceptors (Lipinski definition) is 2. The molecule has 0 unspecified atom stereocenters. The van der Waals surface area contributed by atoms with Gasteiger partial charge in [0.2, 0.25) is 0 Å². The van der Waals surface area contributed by atoms with Gasteiger partial charge in [-0.25, -0.2) is 4.79 Å². The van der Waals surface area contributed by atoms with E-state index in [4.69, 9.17) is 39.5 Å². The third kappa shape index (κ3) is 4.04. The topological polar surface area (TPSA) is 26.3 Å². The number of halogens is 3. The van der Waals surface area contributed by atoms with Crippen molar-refractivity contribution in [1.82, 2.24) is 0 Å². The van der Waals surface area contributed by atoms with Crippen LogP contribution in [0.4, 0.5) is 0 Å². The van der Waals surface area contributed by atoms with E-state index in [1.54, 1.807) is 0 Å². The summed E-state index contributed by atoms with van der Waals surface area (Å²) in [5.41, 5.74) is 0.130. The predicted octanol–water partition coefficient (Wildman–Crippen LogP) is 5.24. The maximum Gasteiger partial charge on any atom is 0.339 e. The highest BCUT2D eigenvalue weighted by atomic mass is 35.5. The highest BCUT2D eigenvalue weighted by molar-refractivity contribution is 6.45. The van der Waals surface area contributed by atoms with Gasteiger partial charge in [-0.2, -0.15) is 0 Å². The van der Waals surface area contributed by atoms with Crippen LogP contribution in [0.15, 0.2) is 12.1 Å². The zero-order chi connectivity index (χ0) is 13.9. The largest absolute Gasteiger partial charge is 0.461 e. The van der Waals surface area contributed by atoms with E-state index in [0.29, 0.717) is 11.6 Å². The third-order valence-corrected chi connectivity index (χ3v) is 3.78. The molecule has 0 aromatic heterocycles. The number of hydrogen-bond donors (Lipinski definition) is 0. The molecule has 0 aliphatic carbocycles. The average molecular weight is 310 g/mol. The maximum atomic E-state index is 11.9. The van der Waals surface area contributed by atoms with Gasteiger partial charge >= 0.3 is 5.97 Å². The van der Waals surface area contributed by atoms with Crippen molar-refractivity contribution in [3.8, 4) is 0 Å². The van der Waals surface area contributed by atoms with Crippen molar-refractivity contribution in [2.45, 2.75) is 27.2 Å². The minimum atomic E-state index is -0.508. The molecular weight excluding hydrogens is 294 g/mol. The van der Waals surface area contributed by atoms with Crippen LogP contribution in [0.3, 0.4) is 0 Å². The smallest absolute Gasteiger partial charge is 0.339 e. The van der Waals surface area contributed by atoms with Gasteiger partial charge in [-0.3, -0.25) is 0 Å². The standard InChI is InChI=1S/C13H15Cl3O2/c1-4-13(2,3)7-18-12(17)9-5-8(14)6-10(15)11(9)16/h5-6H,4,7H2,1-3H3. The maximum absolute atomic E-state index is 11.9. The molecule has 100 valence electrons. The van der Waals surface area contributed by atoms with E-state index < -0.39 is 5.97 Å². The molecule has 0 spiro atoms. The van der Waals surface area contributed by atoms with Gasteiger partial charge in [-0.05, 0) is 24.0 Å². The van der Waals surface area contributed by atoms with Crippen LogP contribution in [-0.2, 0) is 4.74 Å². The summed E-state index contributed by atoms with van der Waals surface area (Å²) in [4.78, 5) is 11.9. The molecule has 18 heavy (non-hydrogen) atoms. The zero-order valence-electron chi connectivity index (χ0n) is 10.5. The van der Waals surface area contributed by atoms with Crippen LogP contribution in [0.25, 0.3) is 0 Å². The summed E-state index contributed by atoms with van der Waals surface area (Å²) in [5, 5.41) is 0.761. The number of esters is 1. The molecule has 0 N–H and O–H groups in total. The normalized spacial score (nSPS) is 11.4. The molecule has 0 bridgehead atoms. The molecule has 0 aliphatic rings. The second-order valence-electron chi connectivity index (χ2n) is 4.84. The Morgan fingerprint density at radius 2 is 1.89 bits per heavy atom. The molecule has 2 nitrogen and oxygen atoms in total. The summed E-state index contributed by atoms with van der Waals surface area (Å²) < 4.78 is 5.23. The molecule has 0 heterocycles. The second-order valence-corrected chi connectivity index (χ2v) is 6.06. The lowest BCUT2D eigenvalue weighted by Crippen LogP contribution is -2.21. The van der Waals surface area contributed by atoms with Crippen molar-refractivity contribution in [3.63, 3.8) is 0 Å². The van der Waals surface area contributed by atoms with Gasteiger partial charge < -0.3 is 4.74 Å². The van der Waals surface area contributed by atoms with Gasteiger partial charge in [-0.15, -0.1) is 0 Å². The SMILES string of the molecule is CCC(C)(C)COC(=O)c1cc(Cl)cc(Cl)c1Cl. The van der Waals surface area contributed by atoms with E-state index in [1.807, 2.05) is 20.8 Å². The lowest BCUT2D eigenvalue weighted by Gasteiger charge is -2.22. The number of carbonyl (C=O) groups excluding carboxylic acids is 1. The minimum Gasteiger partial charge on any atom is -0.461 e. The van der Waals surface area contributed by atoms with Gasteiger partial charge in [0, 0.05) is 5.02 Å². The fraction of sp³-hybridized carbons (Fsp3) is 0.462. The van der Waals surface area contributed by atoms with Crippen molar-refractivity contribution < 1.29 is 9.53 Å². The van der Waals surface area contributed by atoms with Crippen molar-refractivity contribution in [2.24, 2.45) is 5.41 Å². The average Bonchev–Trinajstić information content (AvgIpc) is 2.31. The Balaban J connectivity index is 2.85. The monoisotopic (exact) mass is 308 g/mol. The summed E-state index contributed by atoms with van der Waals surface area (Å²) in [6, 6.07) is 2.94. The van der Waals surface area contributed by atoms with Gasteiger partial charge in [0.1, 0.15) is 0 Å². The zero-order valence-corrected chi connectivity index (χ0v) is 12.8. The summed E-state index contributed by atoms with van der Waals surface area (Å²) in [5.74, 6) is -0.508. The lowest BCUT2D eigenvalue weighted by atomic mass is 9.92. The highest BCUT2D eigenvalue weighted by Gasteiger charge is 2.21.